The monoisotopic (exact) mass is 307 g/mol. The van der Waals surface area contributed by atoms with Crippen molar-refractivity contribution in [3.05, 3.63) is 46.8 Å². The molecule has 1 aliphatic heterocycles. The minimum Gasteiger partial charge on any atom is -0.368 e. The molecule has 5 nitrogen and oxygen atoms in total. The van der Waals surface area contributed by atoms with Gasteiger partial charge in [-0.25, -0.2) is 9.97 Å². The summed E-state index contributed by atoms with van der Waals surface area (Å²) in [5.74, 6) is 0.669. The Balaban J connectivity index is 1.75. The lowest BCUT2D eigenvalue weighted by atomic mass is 10.1. The lowest BCUT2D eigenvalue weighted by Crippen LogP contribution is -2.47. The highest BCUT2D eigenvalue weighted by atomic mass is 15.3. The van der Waals surface area contributed by atoms with Gasteiger partial charge >= 0.3 is 0 Å². The van der Waals surface area contributed by atoms with E-state index in [-0.39, 0.29) is 0 Å². The van der Waals surface area contributed by atoms with E-state index >= 15 is 0 Å². The van der Waals surface area contributed by atoms with Gasteiger partial charge in [0.2, 0.25) is 5.95 Å². The molecule has 1 aromatic heterocycles. The molecule has 0 aliphatic carbocycles. The Labute approximate surface area is 137 Å². The van der Waals surface area contributed by atoms with Crippen LogP contribution in [0, 0.1) is 32.1 Å². The van der Waals surface area contributed by atoms with Crippen LogP contribution < -0.4 is 9.80 Å². The molecule has 1 aromatic carbocycles. The van der Waals surface area contributed by atoms with Crippen molar-refractivity contribution in [2.24, 2.45) is 0 Å². The number of piperazine rings is 1. The van der Waals surface area contributed by atoms with Crippen LogP contribution in [-0.4, -0.2) is 36.1 Å². The van der Waals surface area contributed by atoms with Crippen molar-refractivity contribution < 1.29 is 0 Å². The van der Waals surface area contributed by atoms with Gasteiger partial charge in [-0.15, -0.1) is 0 Å². The highest BCUT2D eigenvalue weighted by molar-refractivity contribution is 5.57. The van der Waals surface area contributed by atoms with E-state index in [9.17, 15) is 0 Å². The molecule has 1 saturated heterocycles. The van der Waals surface area contributed by atoms with Crippen molar-refractivity contribution in [1.82, 2.24) is 9.97 Å². The van der Waals surface area contributed by atoms with Crippen LogP contribution in [0.25, 0.3) is 0 Å². The molecular formula is C18H21N5. The summed E-state index contributed by atoms with van der Waals surface area (Å²) in [5.41, 5.74) is 5.26. The predicted molar refractivity (Wildman–Crippen MR) is 91.8 cm³/mol. The zero-order valence-corrected chi connectivity index (χ0v) is 13.9. The Morgan fingerprint density at radius 3 is 2.39 bits per heavy atom. The second-order valence-corrected chi connectivity index (χ2v) is 6.00. The maximum atomic E-state index is 9.07. The fourth-order valence-corrected chi connectivity index (χ4v) is 2.98. The number of rotatable bonds is 2. The molecule has 2 heterocycles. The predicted octanol–water partition coefficient (Wildman–Crippen LogP) is 2.60. The van der Waals surface area contributed by atoms with Crippen molar-refractivity contribution in [1.29, 1.82) is 5.26 Å². The first kappa shape index (κ1) is 15.3. The van der Waals surface area contributed by atoms with Crippen LogP contribution in [-0.2, 0) is 0 Å². The summed E-state index contributed by atoms with van der Waals surface area (Å²) in [4.78, 5) is 13.4. The van der Waals surface area contributed by atoms with Gasteiger partial charge in [0.25, 0.3) is 0 Å². The van der Waals surface area contributed by atoms with Gasteiger partial charge in [0.05, 0.1) is 0 Å². The molecule has 0 spiro atoms. The minimum atomic E-state index is 0.435. The summed E-state index contributed by atoms with van der Waals surface area (Å²) in [5, 5.41) is 9.07. The number of benzene rings is 1. The Kier molecular flexibility index (Phi) is 4.16. The molecule has 1 fully saturated rings. The van der Waals surface area contributed by atoms with E-state index in [4.69, 9.17) is 5.26 Å². The third-order valence-electron chi connectivity index (χ3n) is 4.44. The first-order valence-electron chi connectivity index (χ1n) is 7.90. The molecule has 0 amide bonds. The maximum absolute atomic E-state index is 9.07. The van der Waals surface area contributed by atoms with Gasteiger partial charge in [-0.05, 0) is 44.0 Å². The Morgan fingerprint density at radius 2 is 1.70 bits per heavy atom. The molecule has 5 heteroatoms. The molecular weight excluding hydrogens is 286 g/mol. The zero-order valence-electron chi connectivity index (χ0n) is 13.9. The largest absolute Gasteiger partial charge is 0.368 e. The number of nitriles is 1. The molecule has 1 aliphatic rings. The molecule has 2 aromatic rings. The first-order valence-corrected chi connectivity index (χ1v) is 7.90. The minimum absolute atomic E-state index is 0.435. The van der Waals surface area contributed by atoms with Gasteiger partial charge in [0.1, 0.15) is 11.8 Å². The maximum Gasteiger partial charge on any atom is 0.226 e. The lowest BCUT2D eigenvalue weighted by Gasteiger charge is -2.37. The summed E-state index contributed by atoms with van der Waals surface area (Å²) >= 11 is 0. The second kappa shape index (κ2) is 6.25. The first-order chi connectivity index (χ1) is 11.1. The van der Waals surface area contributed by atoms with Crippen LogP contribution in [0.2, 0.25) is 0 Å². The third kappa shape index (κ3) is 3.11. The van der Waals surface area contributed by atoms with Gasteiger partial charge < -0.3 is 9.80 Å². The second-order valence-electron chi connectivity index (χ2n) is 6.00. The molecule has 0 radical (unpaired) electrons. The topological polar surface area (TPSA) is 56.1 Å². The molecule has 3 rings (SSSR count). The fraction of sp³-hybridized carbons (Fsp3) is 0.389. The highest BCUT2D eigenvalue weighted by Crippen LogP contribution is 2.24. The summed E-state index contributed by atoms with van der Waals surface area (Å²) in [6, 6.07) is 10.3. The van der Waals surface area contributed by atoms with E-state index in [0.29, 0.717) is 11.6 Å². The van der Waals surface area contributed by atoms with Gasteiger partial charge in [0.15, 0.2) is 0 Å². The molecule has 0 N–H and O–H groups in total. The quantitative estimate of drug-likeness (QED) is 0.853. The number of hydrogen-bond donors (Lipinski definition) is 0. The van der Waals surface area contributed by atoms with Crippen molar-refractivity contribution >= 4 is 11.6 Å². The zero-order chi connectivity index (χ0) is 16.4. The normalized spacial score (nSPS) is 14.7. The van der Waals surface area contributed by atoms with Crippen LogP contribution in [0.15, 0.2) is 24.3 Å². The number of nitrogens with zero attached hydrogens (tertiary/aromatic N) is 5. The van der Waals surface area contributed by atoms with Crippen LogP contribution in [0.3, 0.4) is 0 Å². The standard InChI is InChI=1S/C18H21N5/c1-13-5-4-6-17(15(13)3)22-7-9-23(10-8-22)18-20-14(2)11-16(12-19)21-18/h4-6,11H,7-10H2,1-3H3. The molecule has 118 valence electrons. The van der Waals surface area contributed by atoms with Crippen LogP contribution >= 0.6 is 0 Å². The van der Waals surface area contributed by atoms with Crippen molar-refractivity contribution in [2.45, 2.75) is 20.8 Å². The lowest BCUT2D eigenvalue weighted by molar-refractivity contribution is 0.637. The van der Waals surface area contributed by atoms with Crippen LogP contribution in [0.5, 0.6) is 0 Å². The molecule has 0 bridgehead atoms. The SMILES string of the molecule is Cc1cc(C#N)nc(N2CCN(c3cccc(C)c3C)CC2)n1. The molecule has 23 heavy (non-hydrogen) atoms. The van der Waals surface area contributed by atoms with E-state index in [1.54, 1.807) is 6.07 Å². The Bertz CT molecular complexity index is 754. The van der Waals surface area contributed by atoms with Gasteiger partial charge in [0, 0.05) is 37.6 Å². The number of aryl methyl sites for hydroxylation is 2. The summed E-state index contributed by atoms with van der Waals surface area (Å²) in [6.45, 7) is 9.83. The van der Waals surface area contributed by atoms with Gasteiger partial charge in [-0.3, -0.25) is 0 Å². The van der Waals surface area contributed by atoms with Crippen molar-refractivity contribution in [2.75, 3.05) is 36.0 Å². The van der Waals surface area contributed by atoms with Crippen molar-refractivity contribution in [3.63, 3.8) is 0 Å². The molecule has 0 unspecified atom stereocenters. The highest BCUT2D eigenvalue weighted by Gasteiger charge is 2.21. The van der Waals surface area contributed by atoms with Crippen molar-refractivity contribution in [3.8, 4) is 6.07 Å². The van der Waals surface area contributed by atoms with E-state index in [0.717, 1.165) is 31.9 Å². The number of anilines is 2. The molecule has 0 saturated carbocycles. The Hall–Kier alpha value is -2.61. The smallest absolute Gasteiger partial charge is 0.226 e. The van der Waals surface area contributed by atoms with E-state index in [1.807, 2.05) is 6.92 Å². The van der Waals surface area contributed by atoms with Crippen LogP contribution in [0.1, 0.15) is 22.5 Å². The van der Waals surface area contributed by atoms with E-state index < -0.39 is 0 Å². The fourth-order valence-electron chi connectivity index (χ4n) is 2.98. The average molecular weight is 307 g/mol. The summed E-state index contributed by atoms with van der Waals surface area (Å²) < 4.78 is 0. The van der Waals surface area contributed by atoms with E-state index in [2.05, 4.69) is 57.9 Å². The summed E-state index contributed by atoms with van der Waals surface area (Å²) in [6.07, 6.45) is 0. The Morgan fingerprint density at radius 1 is 1.00 bits per heavy atom. The number of aromatic nitrogens is 2. The van der Waals surface area contributed by atoms with Gasteiger partial charge in [-0.2, -0.15) is 5.26 Å². The number of hydrogen-bond acceptors (Lipinski definition) is 5. The average Bonchev–Trinajstić information content (AvgIpc) is 2.57. The van der Waals surface area contributed by atoms with E-state index in [1.165, 1.54) is 16.8 Å². The van der Waals surface area contributed by atoms with Gasteiger partial charge in [-0.1, -0.05) is 12.1 Å². The molecule has 0 atom stereocenters. The van der Waals surface area contributed by atoms with Crippen LogP contribution in [0.4, 0.5) is 11.6 Å². The summed E-state index contributed by atoms with van der Waals surface area (Å²) in [7, 11) is 0. The third-order valence-corrected chi connectivity index (χ3v) is 4.44.